The molecule has 5 atom stereocenters. The van der Waals surface area contributed by atoms with Crippen molar-refractivity contribution < 1.29 is 37.7 Å². The van der Waals surface area contributed by atoms with E-state index in [0.29, 0.717) is 30.9 Å². The lowest BCUT2D eigenvalue weighted by Gasteiger charge is -2.41. The number of nitrogens with zero attached hydrogens (tertiary/aromatic N) is 3. The number of rotatable bonds is 12. The number of piperazine rings is 1. The Kier molecular flexibility index (Phi) is 11.2. The van der Waals surface area contributed by atoms with Crippen molar-refractivity contribution in [2.24, 2.45) is 5.92 Å². The number of amides is 2. The normalized spacial score (nSPS) is 21.4. The Morgan fingerprint density at radius 2 is 1.96 bits per heavy atom. The molecule has 15 heteroatoms. The van der Waals surface area contributed by atoms with Crippen LogP contribution in [0.2, 0.25) is 0 Å². The highest BCUT2D eigenvalue weighted by Crippen LogP contribution is 2.33. The van der Waals surface area contributed by atoms with E-state index in [4.69, 9.17) is 4.74 Å². The number of ether oxygens (including phenoxy) is 1. The molecule has 0 unspecified atom stereocenters. The van der Waals surface area contributed by atoms with Crippen LogP contribution in [0.1, 0.15) is 28.5 Å². The van der Waals surface area contributed by atoms with Crippen molar-refractivity contribution in [3.05, 3.63) is 82.3 Å². The number of pyridine rings is 1. The monoisotopic (exact) mass is 717 g/mol. The minimum absolute atomic E-state index is 0.00469. The zero-order valence-corrected chi connectivity index (χ0v) is 28.1. The van der Waals surface area contributed by atoms with Crippen LogP contribution in [0.5, 0.6) is 5.75 Å². The number of aromatic nitrogens is 1. The molecule has 262 valence electrons. The van der Waals surface area contributed by atoms with Gasteiger partial charge in [0, 0.05) is 70.9 Å². The Hall–Kier alpha value is -3.60. The summed E-state index contributed by atoms with van der Waals surface area (Å²) in [6.07, 6.45) is -3.13. The summed E-state index contributed by atoms with van der Waals surface area (Å²) in [6, 6.07) is 13.2. The lowest BCUT2D eigenvalue weighted by Crippen LogP contribution is -2.60. The Balaban J connectivity index is 1.15. The number of carbonyl (C=O) groups is 2. The third kappa shape index (κ3) is 9.15. The number of thiophene rings is 2. The van der Waals surface area contributed by atoms with Gasteiger partial charge in [-0.1, -0.05) is 24.3 Å². The van der Waals surface area contributed by atoms with Gasteiger partial charge in [-0.2, -0.15) is 13.2 Å². The average Bonchev–Trinajstić information content (AvgIpc) is 3.67. The lowest BCUT2D eigenvalue weighted by molar-refractivity contribution is -0.143. The van der Waals surface area contributed by atoms with Crippen LogP contribution < -0.4 is 15.4 Å². The number of benzene rings is 1. The quantitative estimate of drug-likeness (QED) is 0.175. The van der Waals surface area contributed by atoms with Gasteiger partial charge in [-0.05, 0) is 48.1 Å². The number of hydrogen-bond acceptors (Lipinski definition) is 10. The topological polar surface area (TPSA) is 127 Å². The van der Waals surface area contributed by atoms with Crippen molar-refractivity contribution in [3.8, 4) is 5.75 Å². The smallest absolute Gasteiger partial charge is 0.405 e. The van der Waals surface area contributed by atoms with Gasteiger partial charge in [0.2, 0.25) is 11.8 Å². The van der Waals surface area contributed by atoms with Gasteiger partial charge in [0.1, 0.15) is 31.0 Å². The van der Waals surface area contributed by atoms with Crippen LogP contribution in [0.4, 0.5) is 13.2 Å². The Labute approximate surface area is 289 Å². The number of nitrogens with one attached hydrogen (secondary N) is 2. The number of β-amino-alcohol motifs (C(OH)–C–C–N with tert-alkyl or cyclic N) is 1. The first-order chi connectivity index (χ1) is 23.5. The molecule has 49 heavy (non-hydrogen) atoms. The van der Waals surface area contributed by atoms with Crippen LogP contribution >= 0.6 is 22.7 Å². The van der Waals surface area contributed by atoms with E-state index in [0.717, 1.165) is 10.4 Å². The maximum Gasteiger partial charge on any atom is 0.405 e. The summed E-state index contributed by atoms with van der Waals surface area (Å²) < 4.78 is 47.1. The molecule has 0 radical (unpaired) electrons. The molecule has 0 saturated carbocycles. The average molecular weight is 718 g/mol. The van der Waals surface area contributed by atoms with Crippen LogP contribution in [0.15, 0.2) is 66.3 Å². The minimum Gasteiger partial charge on any atom is -0.490 e. The summed E-state index contributed by atoms with van der Waals surface area (Å²) in [5.41, 5.74) is 1.41. The van der Waals surface area contributed by atoms with Gasteiger partial charge in [0.15, 0.2) is 0 Å². The predicted molar refractivity (Wildman–Crippen MR) is 180 cm³/mol. The summed E-state index contributed by atoms with van der Waals surface area (Å²) in [7, 11) is 0. The van der Waals surface area contributed by atoms with E-state index < -0.39 is 48.8 Å². The van der Waals surface area contributed by atoms with Gasteiger partial charge in [0.05, 0.1) is 12.1 Å². The third-order valence-corrected chi connectivity index (χ3v) is 10.9. The molecule has 4 aromatic rings. The van der Waals surface area contributed by atoms with Crippen molar-refractivity contribution in [1.82, 2.24) is 25.4 Å². The highest BCUT2D eigenvalue weighted by Gasteiger charge is 2.38. The van der Waals surface area contributed by atoms with Gasteiger partial charge in [-0.3, -0.25) is 24.4 Å². The fraction of sp³-hybridized carbons (Fsp3) is 0.441. The third-order valence-electron chi connectivity index (χ3n) is 8.83. The van der Waals surface area contributed by atoms with Gasteiger partial charge >= 0.3 is 6.18 Å². The first-order valence-electron chi connectivity index (χ1n) is 16.1. The number of aliphatic hydroxyl groups is 2. The van der Waals surface area contributed by atoms with E-state index in [1.54, 1.807) is 70.3 Å². The number of fused-ring (bicyclic) bond motifs is 2. The number of para-hydroxylation sites is 1. The fourth-order valence-electron chi connectivity index (χ4n) is 6.46. The summed E-state index contributed by atoms with van der Waals surface area (Å²) in [5, 5.41) is 29.1. The second-order valence-corrected chi connectivity index (χ2v) is 14.6. The molecule has 10 nitrogen and oxygen atoms in total. The first kappa shape index (κ1) is 35.2. The Morgan fingerprint density at radius 3 is 2.73 bits per heavy atom. The van der Waals surface area contributed by atoms with Crippen LogP contribution in [-0.4, -0.2) is 101 Å². The molecule has 1 saturated heterocycles. The van der Waals surface area contributed by atoms with Crippen LogP contribution in [0, 0.1) is 5.92 Å². The Morgan fingerprint density at radius 1 is 1.12 bits per heavy atom. The molecule has 4 N–H and O–H groups in total. The maximum atomic E-state index is 13.8. The molecule has 3 aromatic heterocycles. The minimum atomic E-state index is -4.57. The highest BCUT2D eigenvalue weighted by molar-refractivity contribution is 7.26. The summed E-state index contributed by atoms with van der Waals surface area (Å²) >= 11 is 3.29. The molecule has 5 heterocycles. The summed E-state index contributed by atoms with van der Waals surface area (Å²) in [4.78, 5) is 36.0. The second kappa shape index (κ2) is 15.5. The largest absolute Gasteiger partial charge is 0.490 e. The number of aliphatic hydroxyl groups excluding tert-OH is 2. The molecule has 0 aliphatic carbocycles. The SMILES string of the molecule is O=C(N[C@H]1c2ccccc2OC[C@H]1O)[C@H](Cc1cccnc1)C[C@H](O)CN1CCN(Cc2cc3sccc3s2)C[C@H]1C(=O)NCC(F)(F)F. The van der Waals surface area contributed by atoms with Crippen molar-refractivity contribution in [1.29, 1.82) is 0 Å². The standard InChI is InChI=1S/C34H38F3N5O5S2/c35-34(36,37)20-39-33(46)26-18-41(17-24-14-30-29(49-24)7-11-48-30)9-10-42(26)16-23(43)13-22(12-21-4-3-8-38-15-21)32(45)40-31-25-5-1-2-6-28(25)47-19-27(31)44/h1-8,11,14-15,22-23,26-27,31,43-44H,9-10,12-13,16-20H2,(H,39,46)(H,40,45)/t22-,23+,26+,27-,31+/m1/s1. The number of carbonyl (C=O) groups excluding carboxylic acids is 2. The molecule has 0 spiro atoms. The zero-order chi connectivity index (χ0) is 34.5. The van der Waals surface area contributed by atoms with E-state index in [2.05, 4.69) is 16.4 Å². The first-order valence-corrected chi connectivity index (χ1v) is 17.8. The molecular formula is C34H38F3N5O5S2. The Bertz CT molecular complexity index is 1690. The number of hydrogen-bond donors (Lipinski definition) is 4. The van der Waals surface area contributed by atoms with Gasteiger partial charge < -0.3 is 25.6 Å². The van der Waals surface area contributed by atoms with Crippen molar-refractivity contribution in [3.63, 3.8) is 0 Å². The van der Waals surface area contributed by atoms with Crippen molar-refractivity contribution >= 4 is 43.9 Å². The molecule has 1 aromatic carbocycles. The van der Waals surface area contributed by atoms with E-state index >= 15 is 0 Å². The van der Waals surface area contributed by atoms with Crippen LogP contribution in [-0.2, 0) is 22.6 Å². The molecule has 2 aliphatic rings. The van der Waals surface area contributed by atoms with Crippen LogP contribution in [0.25, 0.3) is 9.40 Å². The van der Waals surface area contributed by atoms with Gasteiger partial charge in [-0.15, -0.1) is 22.7 Å². The molecular weight excluding hydrogens is 680 g/mol. The lowest BCUT2D eigenvalue weighted by atomic mass is 9.91. The second-order valence-electron chi connectivity index (χ2n) is 12.5. The van der Waals surface area contributed by atoms with E-state index in [9.17, 15) is 33.0 Å². The van der Waals surface area contributed by atoms with Gasteiger partial charge in [-0.25, -0.2) is 0 Å². The van der Waals surface area contributed by atoms with Crippen molar-refractivity contribution in [2.45, 2.75) is 49.9 Å². The molecule has 0 bridgehead atoms. The molecule has 2 amide bonds. The fourth-order valence-corrected chi connectivity index (χ4v) is 8.64. The van der Waals surface area contributed by atoms with Crippen LogP contribution in [0.3, 0.4) is 0 Å². The van der Waals surface area contributed by atoms with Gasteiger partial charge in [0.25, 0.3) is 0 Å². The summed E-state index contributed by atoms with van der Waals surface area (Å²) in [5.74, 6) is -1.33. The van der Waals surface area contributed by atoms with Crippen molar-refractivity contribution in [2.75, 3.05) is 39.3 Å². The summed E-state index contributed by atoms with van der Waals surface area (Å²) in [6.45, 7) is 0.156. The van der Waals surface area contributed by atoms with E-state index in [1.807, 2.05) is 27.7 Å². The highest BCUT2D eigenvalue weighted by atomic mass is 32.1. The predicted octanol–water partition coefficient (Wildman–Crippen LogP) is 3.74. The number of halogens is 3. The van der Waals surface area contributed by atoms with E-state index in [1.165, 1.54) is 9.40 Å². The molecule has 2 aliphatic heterocycles. The molecule has 1 fully saturated rings. The molecule has 6 rings (SSSR count). The zero-order valence-electron chi connectivity index (χ0n) is 26.5. The maximum absolute atomic E-state index is 13.8. The van der Waals surface area contributed by atoms with E-state index in [-0.39, 0.29) is 38.4 Å². The number of alkyl halides is 3.